The number of rotatable bonds is 6. The van der Waals surface area contributed by atoms with Crippen molar-refractivity contribution in [3.8, 4) is 0 Å². The number of carbonyl (C=O) groups is 3. The third kappa shape index (κ3) is 5.05. The molecule has 216 valence electrons. The number of hydrogen-bond acceptors (Lipinski definition) is 4. The summed E-state index contributed by atoms with van der Waals surface area (Å²) < 4.78 is 6.46. The summed E-state index contributed by atoms with van der Waals surface area (Å²) in [6.45, 7) is 4.56. The fraction of sp³-hybridized carbons (Fsp3) is 0.452. The number of amides is 3. The Morgan fingerprint density at radius 1 is 1.00 bits per heavy atom. The van der Waals surface area contributed by atoms with Crippen LogP contribution in [-0.2, 0) is 25.7 Å². The number of carbonyl (C=O) groups excluding carboxylic acids is 3. The highest BCUT2D eigenvalue weighted by Crippen LogP contribution is 2.55. The van der Waals surface area contributed by atoms with Gasteiger partial charge >= 0.3 is 0 Å². The van der Waals surface area contributed by atoms with Crippen LogP contribution < -0.4 is 10.6 Å². The quantitative estimate of drug-likeness (QED) is 0.397. The van der Waals surface area contributed by atoms with E-state index in [-0.39, 0.29) is 30.3 Å². The first-order chi connectivity index (χ1) is 19.6. The van der Waals surface area contributed by atoms with Crippen LogP contribution in [0.4, 0.5) is 5.69 Å². The molecule has 8 atom stereocenters. The van der Waals surface area contributed by atoms with E-state index < -0.39 is 29.6 Å². The van der Waals surface area contributed by atoms with E-state index in [1.165, 1.54) is 0 Å². The molecule has 0 aromatic heterocycles. The Labute approximate surface area is 254 Å². The van der Waals surface area contributed by atoms with Crippen molar-refractivity contribution in [3.63, 3.8) is 0 Å². The maximum Gasteiger partial charge on any atom is 0.246 e. The van der Waals surface area contributed by atoms with Crippen LogP contribution in [0, 0.1) is 23.7 Å². The molecule has 4 aliphatic rings. The van der Waals surface area contributed by atoms with Crippen molar-refractivity contribution in [3.05, 3.63) is 75.2 Å². The lowest BCUT2D eigenvalue weighted by molar-refractivity contribution is -0.142. The Morgan fingerprint density at radius 2 is 1.71 bits per heavy atom. The van der Waals surface area contributed by atoms with Crippen molar-refractivity contribution >= 4 is 58.2 Å². The van der Waals surface area contributed by atoms with Crippen molar-refractivity contribution in [2.45, 2.75) is 63.4 Å². The minimum absolute atomic E-state index is 0.00319. The summed E-state index contributed by atoms with van der Waals surface area (Å²) in [5, 5.41) is 7.47. The molecule has 1 aliphatic carbocycles. The van der Waals surface area contributed by atoms with Crippen LogP contribution in [-0.4, -0.2) is 46.4 Å². The zero-order valence-corrected chi connectivity index (χ0v) is 25.0. The maximum absolute atomic E-state index is 14.2. The van der Waals surface area contributed by atoms with Gasteiger partial charge in [-0.3, -0.25) is 14.4 Å². The van der Waals surface area contributed by atoms with E-state index in [0.29, 0.717) is 32.6 Å². The highest BCUT2D eigenvalue weighted by molar-refractivity contribution is 6.35. The van der Waals surface area contributed by atoms with Crippen molar-refractivity contribution in [2.75, 3.05) is 5.32 Å². The highest BCUT2D eigenvalue weighted by Gasteiger charge is 2.72. The molecule has 1 spiro atoms. The van der Waals surface area contributed by atoms with E-state index >= 15 is 0 Å². The molecular weight excluding hydrogens is 585 g/mol. The first-order valence-corrected chi connectivity index (χ1v) is 15.2. The lowest BCUT2D eigenvalue weighted by Crippen LogP contribution is -2.57. The summed E-state index contributed by atoms with van der Waals surface area (Å²) in [7, 11) is 0. The van der Waals surface area contributed by atoms with Gasteiger partial charge in [-0.1, -0.05) is 85.8 Å². The number of benzene rings is 2. The molecule has 2 aromatic carbocycles. The first kappa shape index (κ1) is 28.5. The lowest BCUT2D eigenvalue weighted by Gasteiger charge is -2.38. The fourth-order valence-corrected chi connectivity index (χ4v) is 7.78. The Morgan fingerprint density at radius 3 is 2.41 bits per heavy atom. The van der Waals surface area contributed by atoms with Crippen molar-refractivity contribution in [2.24, 2.45) is 23.7 Å². The molecule has 3 heterocycles. The van der Waals surface area contributed by atoms with Gasteiger partial charge in [-0.15, -0.1) is 0 Å². The SMILES string of the molecule is C[C@H]1[C@H](C)CCC[C@@H]1NC(=O)[C@@H]1N(Cc2ccc(Cl)cc2)C(=O)[C@@H]2[C@H](C(=O)Nc3cc(Cl)cc(Cl)c3)[C@@H]3C=C[C@]21O3. The molecular formula is C31H32Cl3N3O4. The van der Waals surface area contributed by atoms with E-state index in [1.54, 1.807) is 41.3 Å². The molecule has 7 nitrogen and oxygen atoms in total. The number of nitrogens with one attached hydrogen (secondary N) is 2. The maximum atomic E-state index is 14.2. The summed E-state index contributed by atoms with van der Waals surface area (Å²) in [5.74, 6) is -1.83. The number of nitrogens with zero attached hydrogens (tertiary/aromatic N) is 1. The molecule has 2 aromatic rings. The average molecular weight is 617 g/mol. The number of likely N-dealkylation sites (tertiary alicyclic amines) is 1. The second-order valence-electron chi connectivity index (χ2n) is 11.8. The van der Waals surface area contributed by atoms with Crippen LogP contribution in [0.15, 0.2) is 54.6 Å². The number of fused-ring (bicyclic) bond motifs is 1. The smallest absolute Gasteiger partial charge is 0.246 e. The van der Waals surface area contributed by atoms with Gasteiger partial charge in [0.25, 0.3) is 0 Å². The van der Waals surface area contributed by atoms with Gasteiger partial charge in [0.05, 0.1) is 17.9 Å². The number of ether oxygens (including phenoxy) is 1. The van der Waals surface area contributed by atoms with E-state index in [4.69, 9.17) is 39.5 Å². The minimum Gasteiger partial charge on any atom is -0.359 e. The second-order valence-corrected chi connectivity index (χ2v) is 13.1. The van der Waals surface area contributed by atoms with Crippen molar-refractivity contribution < 1.29 is 19.1 Å². The Hall–Kier alpha value is -2.58. The van der Waals surface area contributed by atoms with Gasteiger partial charge < -0.3 is 20.3 Å². The van der Waals surface area contributed by atoms with Gasteiger partial charge in [0.15, 0.2) is 0 Å². The zero-order chi connectivity index (χ0) is 29.1. The molecule has 2 bridgehead atoms. The predicted molar refractivity (Wildman–Crippen MR) is 159 cm³/mol. The van der Waals surface area contributed by atoms with Crippen LogP contribution in [0.1, 0.15) is 38.7 Å². The highest BCUT2D eigenvalue weighted by atomic mass is 35.5. The van der Waals surface area contributed by atoms with E-state index in [2.05, 4.69) is 24.5 Å². The average Bonchev–Trinajstić information content (AvgIpc) is 3.55. The van der Waals surface area contributed by atoms with Gasteiger partial charge in [-0.25, -0.2) is 0 Å². The van der Waals surface area contributed by atoms with Crippen LogP contribution in [0.3, 0.4) is 0 Å². The van der Waals surface area contributed by atoms with Gasteiger partial charge in [0.1, 0.15) is 11.6 Å². The molecule has 3 amide bonds. The molecule has 3 aliphatic heterocycles. The number of hydrogen-bond donors (Lipinski definition) is 2. The van der Waals surface area contributed by atoms with E-state index in [0.717, 1.165) is 24.8 Å². The molecule has 0 radical (unpaired) electrons. The topological polar surface area (TPSA) is 87.7 Å². The van der Waals surface area contributed by atoms with Gasteiger partial charge in [-0.05, 0) is 54.2 Å². The summed E-state index contributed by atoms with van der Waals surface area (Å²) >= 11 is 18.4. The normalized spacial score (nSPS) is 33.6. The monoisotopic (exact) mass is 615 g/mol. The first-order valence-electron chi connectivity index (χ1n) is 14.1. The molecule has 2 saturated heterocycles. The summed E-state index contributed by atoms with van der Waals surface area (Å²) in [4.78, 5) is 43.7. The molecule has 10 heteroatoms. The van der Waals surface area contributed by atoms with E-state index in [9.17, 15) is 14.4 Å². The van der Waals surface area contributed by atoms with Gasteiger partial charge in [-0.2, -0.15) is 0 Å². The number of anilines is 1. The molecule has 0 unspecified atom stereocenters. The van der Waals surface area contributed by atoms with Crippen molar-refractivity contribution in [1.29, 1.82) is 0 Å². The zero-order valence-electron chi connectivity index (χ0n) is 22.8. The third-order valence-corrected chi connectivity index (χ3v) is 10.0. The minimum atomic E-state index is -1.25. The van der Waals surface area contributed by atoms with Crippen LogP contribution in [0.25, 0.3) is 0 Å². The Bertz CT molecular complexity index is 1400. The van der Waals surface area contributed by atoms with Crippen LogP contribution in [0.2, 0.25) is 15.1 Å². The number of halogens is 3. The Balaban J connectivity index is 1.33. The molecule has 1 saturated carbocycles. The molecule has 6 rings (SSSR count). The van der Waals surface area contributed by atoms with Gasteiger partial charge in [0.2, 0.25) is 17.7 Å². The summed E-state index contributed by atoms with van der Waals surface area (Å²) in [6, 6.07) is 11.0. The fourth-order valence-electron chi connectivity index (χ4n) is 7.12. The predicted octanol–water partition coefficient (Wildman–Crippen LogP) is 5.88. The van der Waals surface area contributed by atoms with Crippen LogP contribution >= 0.6 is 34.8 Å². The lowest BCUT2D eigenvalue weighted by atomic mass is 9.73. The standard InChI is InChI=1S/C31H32Cl3N3O4/c1-16-4-3-5-23(17(16)2)36-29(39)27-31-11-10-24(41-31)25(28(38)35-22-13-20(33)12-21(34)14-22)26(31)30(40)37(27)15-18-6-8-19(32)9-7-18/h6-14,16-17,23-27H,3-5,15H2,1-2H3,(H,35,38)(H,36,39)/t16-,17+,23+,24+,25-,26+,27+,31+/m1/s1. The van der Waals surface area contributed by atoms with Gasteiger partial charge in [0, 0.05) is 33.3 Å². The molecule has 3 fully saturated rings. The third-order valence-electron chi connectivity index (χ3n) is 9.36. The summed E-state index contributed by atoms with van der Waals surface area (Å²) in [6.07, 6.45) is 6.04. The second kappa shape index (κ2) is 10.9. The molecule has 2 N–H and O–H groups in total. The summed E-state index contributed by atoms with van der Waals surface area (Å²) in [5.41, 5.74) is -0.00777. The van der Waals surface area contributed by atoms with E-state index in [1.807, 2.05) is 18.2 Å². The molecule has 41 heavy (non-hydrogen) atoms. The van der Waals surface area contributed by atoms with Crippen molar-refractivity contribution in [1.82, 2.24) is 10.2 Å². The van der Waals surface area contributed by atoms with Crippen LogP contribution in [0.5, 0.6) is 0 Å². The largest absolute Gasteiger partial charge is 0.359 e. The Kier molecular flexibility index (Phi) is 7.60.